The Balaban J connectivity index is 1.97. The highest BCUT2D eigenvalue weighted by atomic mass is 19.1. The number of hydrogen-bond acceptors (Lipinski definition) is 2. The zero-order valence-corrected chi connectivity index (χ0v) is 14.0. The molecule has 0 aromatic carbocycles. The van der Waals surface area contributed by atoms with Gasteiger partial charge in [0.05, 0.1) is 22.1 Å². The molecule has 5 heterocycles. The highest BCUT2D eigenvalue weighted by molar-refractivity contribution is 5.78. The molecule has 4 nitrogen and oxygen atoms in total. The molecule has 2 aliphatic heterocycles. The highest BCUT2D eigenvalue weighted by Crippen LogP contribution is 2.24. The maximum absolute atomic E-state index is 14.7. The molecule has 0 atom stereocenters. The topological polar surface area (TPSA) is 57.4 Å². The van der Waals surface area contributed by atoms with Gasteiger partial charge in [-0.3, -0.25) is 0 Å². The lowest BCUT2D eigenvalue weighted by Gasteiger charge is -1.93. The number of halogens is 4. The first kappa shape index (κ1) is 16.5. The van der Waals surface area contributed by atoms with Crippen LogP contribution >= 0.6 is 0 Å². The van der Waals surface area contributed by atoms with E-state index in [1.165, 1.54) is 48.6 Å². The largest absolute Gasteiger partial charge is 0.351 e. The lowest BCUT2D eigenvalue weighted by molar-refractivity contribution is 0.606. The minimum absolute atomic E-state index is 0.00398. The number of aromatic nitrogens is 4. The average Bonchev–Trinajstić information content (AvgIpc) is 3.49. The maximum Gasteiger partial charge on any atom is 0.174 e. The van der Waals surface area contributed by atoms with Gasteiger partial charge in [0.1, 0.15) is 22.8 Å². The number of fused-ring (bicyclic) bond motifs is 8. The van der Waals surface area contributed by atoms with Crippen LogP contribution in [0.3, 0.4) is 0 Å². The highest BCUT2D eigenvalue weighted by Gasteiger charge is 2.16. The summed E-state index contributed by atoms with van der Waals surface area (Å²) in [6.07, 6.45) is 5.20. The van der Waals surface area contributed by atoms with Crippen molar-refractivity contribution in [1.29, 1.82) is 0 Å². The number of H-pyrrole nitrogens is 2. The minimum Gasteiger partial charge on any atom is -0.351 e. The SMILES string of the molecule is Fc1c2nc(c(F)c3ccc([nH]3)c(F)c3ccc([nH]3)c(F)c3nc1C=C3)C=C2. The predicted molar refractivity (Wildman–Crippen MR) is 98.7 cm³/mol. The second-order valence-electron chi connectivity index (χ2n) is 6.26. The Kier molecular flexibility index (Phi) is 3.48. The Morgan fingerprint density at radius 3 is 1.18 bits per heavy atom. The fraction of sp³-hybridized carbons (Fsp3) is 0. The summed E-state index contributed by atoms with van der Waals surface area (Å²) < 4.78 is 58.9. The van der Waals surface area contributed by atoms with Crippen LogP contribution in [0.25, 0.3) is 46.4 Å². The first-order valence-corrected chi connectivity index (χ1v) is 8.29. The molecule has 0 amide bonds. The molecule has 138 valence electrons. The van der Waals surface area contributed by atoms with Crippen molar-refractivity contribution in [1.82, 2.24) is 19.9 Å². The Morgan fingerprint density at radius 2 is 0.786 bits per heavy atom. The minimum atomic E-state index is -0.802. The van der Waals surface area contributed by atoms with Crippen LogP contribution in [0.1, 0.15) is 22.8 Å². The Hall–Kier alpha value is -3.68. The van der Waals surface area contributed by atoms with Crippen molar-refractivity contribution in [3.63, 3.8) is 0 Å². The van der Waals surface area contributed by atoms with E-state index in [-0.39, 0.29) is 44.8 Å². The van der Waals surface area contributed by atoms with Gasteiger partial charge in [-0.05, 0) is 48.6 Å². The summed E-state index contributed by atoms with van der Waals surface area (Å²) in [6.45, 7) is 0. The summed E-state index contributed by atoms with van der Waals surface area (Å²) >= 11 is 0. The van der Waals surface area contributed by atoms with Gasteiger partial charge in [0.2, 0.25) is 0 Å². The number of nitrogens with one attached hydrogen (secondary N) is 2. The van der Waals surface area contributed by atoms with Crippen molar-refractivity contribution in [3.8, 4) is 0 Å². The van der Waals surface area contributed by atoms with Crippen molar-refractivity contribution in [2.24, 2.45) is 0 Å². The molecule has 5 rings (SSSR count). The summed E-state index contributed by atoms with van der Waals surface area (Å²) in [5.74, 6) is -3.03. The molecule has 2 N–H and O–H groups in total. The van der Waals surface area contributed by atoms with E-state index in [0.29, 0.717) is 0 Å². The molecule has 0 saturated carbocycles. The van der Waals surface area contributed by atoms with E-state index in [9.17, 15) is 17.6 Å². The summed E-state index contributed by atoms with van der Waals surface area (Å²) in [7, 11) is 0. The molecule has 8 bridgehead atoms. The average molecular weight is 382 g/mol. The van der Waals surface area contributed by atoms with E-state index < -0.39 is 23.3 Å². The smallest absolute Gasteiger partial charge is 0.174 e. The summed E-state index contributed by atoms with van der Waals surface area (Å²) in [6, 6.07) is 5.39. The normalized spacial score (nSPS) is 12.7. The fourth-order valence-corrected chi connectivity index (χ4v) is 3.07. The molecule has 0 aliphatic carbocycles. The Morgan fingerprint density at radius 1 is 0.464 bits per heavy atom. The zero-order chi connectivity index (χ0) is 19.4. The molecule has 0 fully saturated rings. The Bertz CT molecular complexity index is 1260. The quantitative estimate of drug-likeness (QED) is 0.361. The van der Waals surface area contributed by atoms with Crippen LogP contribution in [0.5, 0.6) is 0 Å². The van der Waals surface area contributed by atoms with Crippen LogP contribution < -0.4 is 0 Å². The molecule has 8 heteroatoms. The number of nitrogens with zero attached hydrogens (tertiary/aromatic N) is 2. The first-order chi connectivity index (χ1) is 13.5. The third-order valence-corrected chi connectivity index (χ3v) is 4.50. The molecular formula is C20H10F4N4. The van der Waals surface area contributed by atoms with Gasteiger partial charge in [-0.15, -0.1) is 0 Å². The van der Waals surface area contributed by atoms with Gasteiger partial charge in [0, 0.05) is 0 Å². The molecule has 3 aromatic rings. The van der Waals surface area contributed by atoms with Gasteiger partial charge in [-0.25, -0.2) is 27.5 Å². The molecule has 2 aliphatic rings. The van der Waals surface area contributed by atoms with Gasteiger partial charge in [0.15, 0.2) is 23.3 Å². The predicted octanol–water partition coefficient (Wildman–Crippen LogP) is 5.21. The molecule has 28 heavy (non-hydrogen) atoms. The third-order valence-electron chi connectivity index (χ3n) is 4.50. The van der Waals surface area contributed by atoms with E-state index in [0.717, 1.165) is 0 Å². The van der Waals surface area contributed by atoms with Crippen molar-refractivity contribution < 1.29 is 17.6 Å². The van der Waals surface area contributed by atoms with Gasteiger partial charge in [0.25, 0.3) is 0 Å². The molecule has 0 unspecified atom stereocenters. The summed E-state index contributed by atoms with van der Waals surface area (Å²) in [5.41, 5.74) is -0.506. The molecular weight excluding hydrogens is 372 g/mol. The first-order valence-electron chi connectivity index (χ1n) is 8.29. The second kappa shape index (κ2) is 5.91. The third kappa shape index (κ3) is 2.45. The van der Waals surface area contributed by atoms with Crippen molar-refractivity contribution in [3.05, 3.63) is 70.3 Å². The van der Waals surface area contributed by atoms with Crippen LogP contribution in [0.4, 0.5) is 17.6 Å². The van der Waals surface area contributed by atoms with E-state index in [4.69, 9.17) is 0 Å². The van der Waals surface area contributed by atoms with Gasteiger partial charge >= 0.3 is 0 Å². The van der Waals surface area contributed by atoms with Crippen molar-refractivity contribution >= 4 is 46.4 Å². The standard InChI is InChI=1S/C20H10F4N4/c21-17-9-1-2-10(25-9)18(22)12-5-6-14(27-12)20(24)16-8-7-15(28-16)19(23)13-4-3-11(17)26-13/h1-8,25-26H. The second-order valence-corrected chi connectivity index (χ2v) is 6.26. The zero-order valence-electron chi connectivity index (χ0n) is 14.0. The Labute approximate surface area is 154 Å². The van der Waals surface area contributed by atoms with Gasteiger partial charge < -0.3 is 9.97 Å². The lowest BCUT2D eigenvalue weighted by Crippen LogP contribution is -1.89. The van der Waals surface area contributed by atoms with Crippen LogP contribution in [0, 0.1) is 23.3 Å². The van der Waals surface area contributed by atoms with Crippen LogP contribution in [0.2, 0.25) is 0 Å². The van der Waals surface area contributed by atoms with Gasteiger partial charge in [-0.1, -0.05) is 0 Å². The van der Waals surface area contributed by atoms with Crippen LogP contribution in [-0.4, -0.2) is 19.9 Å². The summed E-state index contributed by atoms with van der Waals surface area (Å²) in [4.78, 5) is 13.1. The fourth-order valence-electron chi connectivity index (χ4n) is 3.07. The van der Waals surface area contributed by atoms with Crippen molar-refractivity contribution in [2.75, 3.05) is 0 Å². The molecule has 0 radical (unpaired) electrons. The van der Waals surface area contributed by atoms with Gasteiger partial charge in [-0.2, -0.15) is 0 Å². The van der Waals surface area contributed by atoms with E-state index in [1.807, 2.05) is 0 Å². The number of rotatable bonds is 0. The molecule has 0 saturated heterocycles. The monoisotopic (exact) mass is 382 g/mol. The summed E-state index contributed by atoms with van der Waals surface area (Å²) in [5, 5.41) is 0. The van der Waals surface area contributed by atoms with Crippen molar-refractivity contribution in [2.45, 2.75) is 0 Å². The maximum atomic E-state index is 14.7. The number of aromatic amines is 2. The van der Waals surface area contributed by atoms with Crippen LogP contribution in [-0.2, 0) is 0 Å². The van der Waals surface area contributed by atoms with E-state index in [2.05, 4.69) is 19.9 Å². The van der Waals surface area contributed by atoms with Crippen LogP contribution in [0.15, 0.2) is 24.3 Å². The van der Waals surface area contributed by atoms with E-state index >= 15 is 0 Å². The molecule has 3 aromatic heterocycles. The lowest BCUT2D eigenvalue weighted by atomic mass is 10.3. The van der Waals surface area contributed by atoms with E-state index in [1.54, 1.807) is 0 Å². The molecule has 0 spiro atoms. The number of hydrogen-bond donors (Lipinski definition) is 2.